The zero-order valence-corrected chi connectivity index (χ0v) is 55.7. The molecule has 5 aliphatic rings. The lowest BCUT2D eigenvalue weighted by Gasteiger charge is -2.53. The Kier molecular flexibility index (Phi) is 10.6. The lowest BCUT2D eigenvalue weighted by Crippen LogP contribution is -2.64. The minimum atomic E-state index is -0.650. The monoisotopic (exact) mass is 1250 g/mol. The second kappa shape index (κ2) is 22.7. The minimum absolute atomic E-state index is 0.0143. The Labute approximate surface area is 585 Å². The molecule has 2 aromatic heterocycles. The van der Waals surface area contributed by atoms with Crippen molar-refractivity contribution >= 4 is 95.1 Å². The van der Waals surface area contributed by atoms with Crippen molar-refractivity contribution in [2.45, 2.75) is 131 Å². The maximum Gasteiger partial charge on any atom is 0.252 e. The SMILES string of the molecule is [2H]c1c([2H])c([2H])c2c(c1[2H])c1c([2H])c([2H])c([2H])c([2H])c1n2-c1ccc2c(c1)N(c1c(-c3ccccc3)cc(C(C)(C)C)cc1-c1ccccc1)c1cc(C(C)(C)C)cc3c1B2c1ccc(-n2c4c([2H])c([2H])c([2H])c([2H])c4c4c([2H])c([2H])c([2H])c([2H])c42)cc1N3C1C(C2CC=CCC2)=CC(C(C)(C)C)CC1C1=CCCCC1. The van der Waals surface area contributed by atoms with Gasteiger partial charge in [-0.25, -0.2) is 0 Å². The number of aromatic nitrogens is 2. The Balaban J connectivity index is 1.09. The van der Waals surface area contributed by atoms with E-state index in [9.17, 15) is 16.4 Å². The number of fused-ring (bicyclic) bond motifs is 10. The van der Waals surface area contributed by atoms with E-state index in [0.29, 0.717) is 17.1 Å². The Hall–Kier alpha value is -9.32. The van der Waals surface area contributed by atoms with Crippen LogP contribution in [0.2, 0.25) is 0 Å². The highest BCUT2D eigenvalue weighted by molar-refractivity contribution is 7.00. The molecule has 0 radical (unpaired) electrons. The van der Waals surface area contributed by atoms with E-state index in [2.05, 4.69) is 187 Å². The smallest absolute Gasteiger partial charge is 0.252 e. The van der Waals surface area contributed by atoms with Gasteiger partial charge in [-0.3, -0.25) is 0 Å². The number of rotatable bonds is 8. The lowest BCUT2D eigenvalue weighted by molar-refractivity contribution is 0.220. The van der Waals surface area contributed by atoms with Crippen molar-refractivity contribution in [2.75, 3.05) is 9.80 Å². The normalized spacial score (nSPS) is 21.3. The molecule has 0 saturated carbocycles. The maximum atomic E-state index is 9.86. The number of hydrogen-bond acceptors (Lipinski definition) is 2. The quantitative estimate of drug-likeness (QED) is 0.111. The molecule has 4 heterocycles. The van der Waals surface area contributed by atoms with Crippen LogP contribution in [0.3, 0.4) is 0 Å². The Morgan fingerprint density at radius 1 is 0.495 bits per heavy atom. The lowest BCUT2D eigenvalue weighted by atomic mass is 9.33. The van der Waals surface area contributed by atoms with Crippen molar-refractivity contribution in [3.63, 3.8) is 0 Å². The molecule has 0 amide bonds. The van der Waals surface area contributed by atoms with Crippen LogP contribution in [0, 0.1) is 23.2 Å². The average molecular weight is 1250 g/mol. The van der Waals surface area contributed by atoms with Crippen molar-refractivity contribution in [3.05, 3.63) is 265 Å². The van der Waals surface area contributed by atoms with E-state index in [0.717, 1.165) is 124 Å². The van der Waals surface area contributed by atoms with E-state index < -0.39 is 109 Å². The first-order valence-electron chi connectivity index (χ1n) is 42.1. The van der Waals surface area contributed by atoms with Gasteiger partial charge in [0.1, 0.15) is 0 Å². The van der Waals surface area contributed by atoms with E-state index in [1.54, 1.807) is 9.13 Å². The minimum Gasteiger partial charge on any atom is -0.334 e. The molecule has 95 heavy (non-hydrogen) atoms. The number of benzene rings is 10. The van der Waals surface area contributed by atoms with Crippen LogP contribution in [0.25, 0.3) is 77.2 Å². The first kappa shape index (κ1) is 44.4. The summed E-state index contributed by atoms with van der Waals surface area (Å²) in [6, 6.07) is 34.5. The molecule has 4 nitrogen and oxygen atoms in total. The third-order valence-electron chi connectivity index (χ3n) is 21.5. The van der Waals surface area contributed by atoms with Gasteiger partial charge in [0.05, 0.1) is 55.7 Å². The molecule has 2 aliphatic heterocycles. The van der Waals surface area contributed by atoms with Gasteiger partial charge in [-0.1, -0.05) is 237 Å². The van der Waals surface area contributed by atoms with E-state index in [1.165, 1.54) is 11.1 Å². The van der Waals surface area contributed by atoms with Gasteiger partial charge in [0.2, 0.25) is 0 Å². The molecular formula is C90H87BN4. The molecule has 0 bridgehead atoms. The van der Waals surface area contributed by atoms with Crippen molar-refractivity contribution in [2.24, 2.45) is 23.2 Å². The van der Waals surface area contributed by atoms with E-state index >= 15 is 0 Å². The molecule has 0 N–H and O–H groups in total. The topological polar surface area (TPSA) is 16.3 Å². The van der Waals surface area contributed by atoms with E-state index in [1.807, 2.05) is 30.3 Å². The first-order chi connectivity index (χ1) is 52.7. The predicted octanol–water partition coefficient (Wildman–Crippen LogP) is 22.4. The fourth-order valence-corrected chi connectivity index (χ4v) is 16.6. The molecule has 0 spiro atoms. The predicted molar refractivity (Wildman–Crippen MR) is 407 cm³/mol. The van der Waals surface area contributed by atoms with Crippen LogP contribution in [-0.2, 0) is 10.8 Å². The molecule has 4 unspecified atom stereocenters. The van der Waals surface area contributed by atoms with Crippen LogP contribution < -0.4 is 26.2 Å². The highest BCUT2D eigenvalue weighted by atomic mass is 15.2. The molecule has 3 aliphatic carbocycles. The molecule has 12 aromatic rings. The van der Waals surface area contributed by atoms with Crippen molar-refractivity contribution in [1.82, 2.24) is 9.13 Å². The fourth-order valence-electron chi connectivity index (χ4n) is 16.6. The Bertz CT molecular complexity index is 5900. The van der Waals surface area contributed by atoms with Crippen LogP contribution in [0.4, 0.5) is 28.4 Å². The van der Waals surface area contributed by atoms with Crippen LogP contribution in [0.1, 0.15) is 147 Å². The number of para-hydroxylation sites is 4. The van der Waals surface area contributed by atoms with Gasteiger partial charge in [0.15, 0.2) is 0 Å². The maximum absolute atomic E-state index is 9.86. The van der Waals surface area contributed by atoms with Crippen LogP contribution in [0.5, 0.6) is 0 Å². The van der Waals surface area contributed by atoms with Gasteiger partial charge in [-0.05, 0) is 196 Å². The highest BCUT2D eigenvalue weighted by Gasteiger charge is 2.51. The van der Waals surface area contributed by atoms with E-state index in [4.69, 9.17) is 5.48 Å². The van der Waals surface area contributed by atoms with Gasteiger partial charge < -0.3 is 18.9 Å². The Morgan fingerprint density at radius 3 is 1.49 bits per heavy atom. The number of anilines is 5. The third-order valence-corrected chi connectivity index (χ3v) is 21.5. The summed E-state index contributed by atoms with van der Waals surface area (Å²) in [5.74, 6) is 0.286. The summed E-state index contributed by atoms with van der Waals surface area (Å²) in [5, 5.41) is -0.120. The summed E-state index contributed by atoms with van der Waals surface area (Å²) in [4.78, 5) is 5.05. The number of hydrogen-bond donors (Lipinski definition) is 0. The van der Waals surface area contributed by atoms with Crippen LogP contribution >= 0.6 is 0 Å². The third kappa shape index (κ3) is 9.83. The molecule has 4 atom stereocenters. The second-order valence-electron chi connectivity index (χ2n) is 30.2. The number of allylic oxidation sites excluding steroid dienone is 4. The van der Waals surface area contributed by atoms with Crippen molar-refractivity contribution in [3.8, 4) is 33.6 Å². The summed E-state index contributed by atoms with van der Waals surface area (Å²) in [6.07, 6.45) is 17.3. The summed E-state index contributed by atoms with van der Waals surface area (Å²) in [6.45, 7) is 19.8. The molecule has 10 aromatic carbocycles. The largest absolute Gasteiger partial charge is 0.334 e. The molecular weight excluding hydrogens is 1150 g/mol. The first-order valence-corrected chi connectivity index (χ1v) is 34.1. The molecule has 17 rings (SSSR count). The fraction of sp³-hybridized carbons (Fsp3) is 0.267. The summed E-state index contributed by atoms with van der Waals surface area (Å²) in [5.41, 5.74) is 15.1. The van der Waals surface area contributed by atoms with E-state index in [-0.39, 0.29) is 78.2 Å². The average Bonchev–Trinajstić information content (AvgIpc) is 1.70. The number of nitrogens with zero attached hydrogens (tertiary/aromatic N) is 4. The van der Waals surface area contributed by atoms with Gasteiger partial charge in [-0.2, -0.15) is 0 Å². The van der Waals surface area contributed by atoms with Gasteiger partial charge in [0, 0.05) is 72.7 Å². The van der Waals surface area contributed by atoms with Crippen LogP contribution in [0.15, 0.2) is 253 Å². The van der Waals surface area contributed by atoms with Crippen LogP contribution in [-0.4, -0.2) is 21.9 Å². The molecule has 5 heteroatoms. The molecule has 0 fully saturated rings. The van der Waals surface area contributed by atoms with Gasteiger partial charge >= 0.3 is 0 Å². The second-order valence-corrected chi connectivity index (χ2v) is 30.2. The zero-order chi connectivity index (χ0) is 78.6. The summed E-state index contributed by atoms with van der Waals surface area (Å²) in [7, 11) is 0. The summed E-state index contributed by atoms with van der Waals surface area (Å²) < 4.78 is 154. The summed E-state index contributed by atoms with van der Waals surface area (Å²) >= 11 is 0. The van der Waals surface area contributed by atoms with Gasteiger partial charge in [-0.15, -0.1) is 0 Å². The highest BCUT2D eigenvalue weighted by Crippen LogP contribution is 2.56. The van der Waals surface area contributed by atoms with Crippen molar-refractivity contribution < 1.29 is 21.9 Å². The van der Waals surface area contributed by atoms with Gasteiger partial charge in [0.25, 0.3) is 6.71 Å². The zero-order valence-electron chi connectivity index (χ0n) is 71.7. The molecule has 470 valence electrons. The Morgan fingerprint density at radius 2 is 1.00 bits per heavy atom. The van der Waals surface area contributed by atoms with Crippen molar-refractivity contribution in [1.29, 1.82) is 0 Å². The standard InChI is InChI=1S/C90H87BN4/c1-88(2,3)62-50-71(58-30-14-10-15-31-58)86(72(51-62)59-32-16-11-17-33-59)94-81-56-65(92-77-42-26-22-38-67(77)68-39-23-27-43-78(68)92)46-48-75(81)91-76-49-47-66(93-79-44-28-24-40-69(79)70-41-25-29-45-80(70)93)57-82(76)95(84-55-64(90(7,8)9)54-83(94)85(84)91)87-73(60-34-18-12-19-35-60)52-63(89(4,5)6)53-74(87)61-36-20-13-21-37-61/h10-12,14-18,22-33,36,38-52,54-57,60,63,74,87H,13,19-21,34-35,37,53H2,1-9H3/i22D,23D,24D,25D,26D,27D,28D,29D,38D,39D,40D,41D,42D,43D,44D,45D. The molecule has 0 saturated heterocycles.